The van der Waals surface area contributed by atoms with Crippen LogP contribution < -0.4 is 4.74 Å². The molecule has 0 spiro atoms. The van der Waals surface area contributed by atoms with Gasteiger partial charge >= 0.3 is 6.18 Å². The fourth-order valence-corrected chi connectivity index (χ4v) is 2.49. The Morgan fingerprint density at radius 2 is 2.00 bits per heavy atom. The number of likely N-dealkylation sites (tertiary alicyclic amines) is 1. The van der Waals surface area contributed by atoms with Gasteiger partial charge in [0, 0.05) is 0 Å². The number of alkyl halides is 3. The van der Waals surface area contributed by atoms with E-state index in [2.05, 4.69) is 4.90 Å². The molecule has 1 unspecified atom stereocenters. The van der Waals surface area contributed by atoms with Crippen molar-refractivity contribution in [1.82, 2.24) is 4.90 Å². The van der Waals surface area contributed by atoms with Crippen LogP contribution in [-0.2, 0) is 6.18 Å². The molecule has 1 aliphatic rings. The number of hydrogen-bond donors (Lipinski definition) is 1. The van der Waals surface area contributed by atoms with Gasteiger partial charge in [0.05, 0.1) is 11.7 Å². The summed E-state index contributed by atoms with van der Waals surface area (Å²) in [5.41, 5.74) is -0.742. The zero-order valence-corrected chi connectivity index (χ0v) is 11.9. The predicted octanol–water partition coefficient (Wildman–Crippen LogP) is 2.79. The standard InChI is InChI=1S/C15H20F3NO2/c1-19-7-5-11(6-8-19)14(20)10-21-13-4-2-3-12(9-13)15(16,17)18/h2-4,9,11,14,20H,5-8,10H2,1H3. The molecule has 21 heavy (non-hydrogen) atoms. The summed E-state index contributed by atoms with van der Waals surface area (Å²) in [6.45, 7) is 1.87. The zero-order valence-electron chi connectivity index (χ0n) is 11.9. The third-order valence-electron chi connectivity index (χ3n) is 3.89. The van der Waals surface area contributed by atoms with Gasteiger partial charge in [0.25, 0.3) is 0 Å². The topological polar surface area (TPSA) is 32.7 Å². The van der Waals surface area contributed by atoms with Crippen molar-refractivity contribution in [3.05, 3.63) is 29.8 Å². The fraction of sp³-hybridized carbons (Fsp3) is 0.600. The van der Waals surface area contributed by atoms with Crippen LogP contribution in [0.4, 0.5) is 13.2 Å². The Morgan fingerprint density at radius 1 is 1.33 bits per heavy atom. The number of rotatable bonds is 4. The van der Waals surface area contributed by atoms with Crippen molar-refractivity contribution < 1.29 is 23.0 Å². The molecule has 1 saturated heterocycles. The van der Waals surface area contributed by atoms with Crippen molar-refractivity contribution in [2.45, 2.75) is 25.1 Å². The van der Waals surface area contributed by atoms with E-state index in [0.717, 1.165) is 38.1 Å². The van der Waals surface area contributed by atoms with Crippen molar-refractivity contribution >= 4 is 0 Å². The minimum atomic E-state index is -4.38. The highest BCUT2D eigenvalue weighted by molar-refractivity contribution is 5.30. The first-order chi connectivity index (χ1) is 9.86. The van der Waals surface area contributed by atoms with Gasteiger partial charge < -0.3 is 14.7 Å². The highest BCUT2D eigenvalue weighted by Crippen LogP contribution is 2.31. The molecule has 3 nitrogen and oxygen atoms in total. The minimum Gasteiger partial charge on any atom is -0.491 e. The summed E-state index contributed by atoms with van der Waals surface area (Å²) in [5.74, 6) is 0.281. The van der Waals surface area contributed by atoms with E-state index in [4.69, 9.17) is 4.74 Å². The van der Waals surface area contributed by atoms with Gasteiger partial charge in [-0.3, -0.25) is 0 Å². The lowest BCUT2D eigenvalue weighted by atomic mass is 9.92. The van der Waals surface area contributed by atoms with Crippen LogP contribution in [0.2, 0.25) is 0 Å². The van der Waals surface area contributed by atoms with E-state index >= 15 is 0 Å². The van der Waals surface area contributed by atoms with Crippen molar-refractivity contribution in [2.24, 2.45) is 5.92 Å². The third-order valence-corrected chi connectivity index (χ3v) is 3.89. The smallest absolute Gasteiger partial charge is 0.416 e. The fourth-order valence-electron chi connectivity index (χ4n) is 2.49. The van der Waals surface area contributed by atoms with Crippen LogP contribution in [0.25, 0.3) is 0 Å². The Kier molecular flexibility index (Phi) is 5.11. The molecule has 1 heterocycles. The van der Waals surface area contributed by atoms with Crippen LogP contribution in [0, 0.1) is 5.92 Å². The lowest BCUT2D eigenvalue weighted by Crippen LogP contribution is -2.37. The number of piperidine rings is 1. The number of nitrogens with zero attached hydrogens (tertiary/aromatic N) is 1. The summed E-state index contributed by atoms with van der Waals surface area (Å²) in [7, 11) is 2.03. The first kappa shape index (κ1) is 16.1. The summed E-state index contributed by atoms with van der Waals surface area (Å²) >= 11 is 0. The monoisotopic (exact) mass is 303 g/mol. The Hall–Kier alpha value is -1.27. The molecule has 0 bridgehead atoms. The Labute approximate surface area is 122 Å². The molecule has 0 radical (unpaired) electrons. The van der Waals surface area contributed by atoms with Crippen LogP contribution in [0.5, 0.6) is 5.75 Å². The van der Waals surface area contributed by atoms with Gasteiger partial charge in [-0.15, -0.1) is 0 Å². The average molecular weight is 303 g/mol. The Balaban J connectivity index is 1.88. The average Bonchev–Trinajstić information content (AvgIpc) is 2.45. The number of hydrogen-bond acceptors (Lipinski definition) is 3. The van der Waals surface area contributed by atoms with Crippen LogP contribution in [0.15, 0.2) is 24.3 Å². The molecule has 1 atom stereocenters. The molecule has 1 N–H and O–H groups in total. The van der Waals surface area contributed by atoms with Crippen LogP contribution in [0.1, 0.15) is 18.4 Å². The maximum Gasteiger partial charge on any atom is 0.416 e. The van der Waals surface area contributed by atoms with Crippen LogP contribution in [-0.4, -0.2) is 42.9 Å². The molecule has 0 aromatic heterocycles. The number of halogens is 3. The molecule has 1 aromatic rings. The van der Waals surface area contributed by atoms with Crippen LogP contribution in [0.3, 0.4) is 0 Å². The molecule has 1 fully saturated rings. The van der Waals surface area contributed by atoms with Crippen molar-refractivity contribution in [2.75, 3.05) is 26.7 Å². The molecule has 0 amide bonds. The third kappa shape index (κ3) is 4.61. The second-order valence-corrected chi connectivity index (χ2v) is 5.54. The first-order valence-electron chi connectivity index (χ1n) is 7.03. The number of ether oxygens (including phenoxy) is 1. The quantitative estimate of drug-likeness (QED) is 0.928. The molecule has 1 aliphatic heterocycles. The number of aliphatic hydroxyl groups excluding tert-OH is 1. The van der Waals surface area contributed by atoms with Gasteiger partial charge in [0.15, 0.2) is 0 Å². The molecule has 0 aliphatic carbocycles. The zero-order chi connectivity index (χ0) is 15.5. The number of aliphatic hydroxyl groups is 1. The van der Waals surface area contributed by atoms with E-state index in [1.807, 2.05) is 7.05 Å². The summed E-state index contributed by atoms with van der Waals surface area (Å²) in [4.78, 5) is 2.19. The van der Waals surface area contributed by atoms with Crippen LogP contribution >= 0.6 is 0 Å². The maximum atomic E-state index is 12.6. The lowest BCUT2D eigenvalue weighted by Gasteiger charge is -2.31. The summed E-state index contributed by atoms with van der Waals surface area (Å²) in [5, 5.41) is 10.1. The second-order valence-electron chi connectivity index (χ2n) is 5.54. The first-order valence-corrected chi connectivity index (χ1v) is 7.03. The van der Waals surface area contributed by atoms with Gasteiger partial charge in [-0.25, -0.2) is 0 Å². The Bertz CT molecular complexity index is 456. The second kappa shape index (κ2) is 6.66. The summed E-state index contributed by atoms with van der Waals surface area (Å²) in [6, 6.07) is 4.73. The van der Waals surface area contributed by atoms with E-state index in [-0.39, 0.29) is 18.3 Å². The Morgan fingerprint density at radius 3 is 2.62 bits per heavy atom. The predicted molar refractivity (Wildman–Crippen MR) is 73.2 cm³/mol. The van der Waals surface area contributed by atoms with E-state index in [1.54, 1.807) is 0 Å². The largest absolute Gasteiger partial charge is 0.491 e. The van der Waals surface area contributed by atoms with Gasteiger partial charge in [0.2, 0.25) is 0 Å². The van der Waals surface area contributed by atoms with Crippen molar-refractivity contribution in [3.8, 4) is 5.75 Å². The maximum absolute atomic E-state index is 12.6. The summed E-state index contributed by atoms with van der Waals surface area (Å²) < 4.78 is 43.1. The van der Waals surface area contributed by atoms with E-state index in [9.17, 15) is 18.3 Å². The molecule has 118 valence electrons. The van der Waals surface area contributed by atoms with Gasteiger partial charge in [-0.2, -0.15) is 13.2 Å². The molecule has 6 heteroatoms. The van der Waals surface area contributed by atoms with E-state index in [1.165, 1.54) is 12.1 Å². The normalized spacial score (nSPS) is 19.5. The minimum absolute atomic E-state index is 0.0235. The van der Waals surface area contributed by atoms with Gasteiger partial charge in [-0.1, -0.05) is 6.07 Å². The van der Waals surface area contributed by atoms with E-state index in [0.29, 0.717) is 0 Å². The molecule has 0 saturated carbocycles. The lowest BCUT2D eigenvalue weighted by molar-refractivity contribution is -0.137. The molecular formula is C15H20F3NO2. The van der Waals surface area contributed by atoms with Crippen molar-refractivity contribution in [1.29, 1.82) is 0 Å². The molecular weight excluding hydrogens is 283 g/mol. The van der Waals surface area contributed by atoms with E-state index < -0.39 is 17.8 Å². The highest BCUT2D eigenvalue weighted by Gasteiger charge is 2.30. The number of benzene rings is 1. The molecule has 1 aromatic carbocycles. The highest BCUT2D eigenvalue weighted by atomic mass is 19.4. The SMILES string of the molecule is CN1CCC(C(O)COc2cccc(C(F)(F)F)c2)CC1. The molecule has 2 rings (SSSR count). The van der Waals surface area contributed by atoms with Gasteiger partial charge in [0.1, 0.15) is 12.4 Å². The van der Waals surface area contributed by atoms with Gasteiger partial charge in [-0.05, 0) is 57.1 Å². The summed E-state index contributed by atoms with van der Waals surface area (Å²) in [6.07, 6.45) is -3.27. The van der Waals surface area contributed by atoms with Crippen molar-refractivity contribution in [3.63, 3.8) is 0 Å².